The second-order valence-corrected chi connectivity index (χ2v) is 5.39. The number of nitrogen functional groups attached to an aromatic ring is 1. The van der Waals surface area contributed by atoms with Crippen LogP contribution in [-0.2, 0) is 4.74 Å². The van der Waals surface area contributed by atoms with Crippen LogP contribution in [-0.4, -0.2) is 34.8 Å². The maximum Gasteiger partial charge on any atom is 0.407 e. The van der Waals surface area contributed by atoms with Gasteiger partial charge in [-0.3, -0.25) is 0 Å². The summed E-state index contributed by atoms with van der Waals surface area (Å²) in [5.74, 6) is 0.639. The molecule has 0 aliphatic rings. The second-order valence-electron chi connectivity index (χ2n) is 5.39. The number of amides is 1. The van der Waals surface area contributed by atoms with Gasteiger partial charge in [0.25, 0.3) is 0 Å². The molecule has 1 aromatic rings. The Bertz CT molecular complexity index is 431. The van der Waals surface area contributed by atoms with Crippen LogP contribution in [0, 0.1) is 0 Å². The Balaban J connectivity index is 2.08. The molecule has 1 aromatic heterocycles. The number of nitrogens with two attached hydrogens (primary N) is 1. The van der Waals surface area contributed by atoms with Crippen molar-refractivity contribution in [3.8, 4) is 0 Å². The quantitative estimate of drug-likeness (QED) is 0.687. The highest BCUT2D eigenvalue weighted by Gasteiger charge is 2.15. The van der Waals surface area contributed by atoms with Gasteiger partial charge >= 0.3 is 6.09 Å². The molecule has 20 heavy (non-hydrogen) atoms. The molecule has 0 aliphatic heterocycles. The predicted molar refractivity (Wildman–Crippen MR) is 78.4 cm³/mol. The van der Waals surface area contributed by atoms with Crippen molar-refractivity contribution < 1.29 is 9.53 Å². The highest BCUT2D eigenvalue weighted by atomic mass is 16.6. The fraction of sp³-hybridized carbons (Fsp3) is 0.615. The first-order valence-corrected chi connectivity index (χ1v) is 6.65. The van der Waals surface area contributed by atoms with E-state index >= 15 is 0 Å². The molecule has 7 heteroatoms. The normalized spacial score (nSPS) is 10.9. The first-order valence-electron chi connectivity index (χ1n) is 6.65. The van der Waals surface area contributed by atoms with Crippen LogP contribution in [0.15, 0.2) is 12.5 Å². The number of anilines is 2. The van der Waals surface area contributed by atoms with Crippen LogP contribution in [0.3, 0.4) is 0 Å². The van der Waals surface area contributed by atoms with Crippen molar-refractivity contribution >= 4 is 17.6 Å². The minimum Gasteiger partial charge on any atom is -0.444 e. The van der Waals surface area contributed by atoms with E-state index in [1.807, 2.05) is 20.8 Å². The average Bonchev–Trinajstić information content (AvgIpc) is 2.33. The van der Waals surface area contributed by atoms with Crippen LogP contribution in [0.25, 0.3) is 0 Å². The summed E-state index contributed by atoms with van der Waals surface area (Å²) in [6.45, 7) is 6.82. The maximum atomic E-state index is 11.4. The van der Waals surface area contributed by atoms with Crippen LogP contribution in [0.5, 0.6) is 0 Å². The summed E-state index contributed by atoms with van der Waals surface area (Å²) in [6.07, 6.45) is 4.35. The molecule has 112 valence electrons. The lowest BCUT2D eigenvalue weighted by atomic mass is 10.2. The lowest BCUT2D eigenvalue weighted by molar-refractivity contribution is 0.0527. The van der Waals surface area contributed by atoms with Gasteiger partial charge in [0.15, 0.2) is 5.82 Å². The van der Waals surface area contributed by atoms with E-state index in [-0.39, 0.29) is 6.09 Å². The number of hydrogen-bond acceptors (Lipinski definition) is 6. The van der Waals surface area contributed by atoms with E-state index in [4.69, 9.17) is 10.5 Å². The number of nitrogens with one attached hydrogen (secondary N) is 2. The summed E-state index contributed by atoms with van der Waals surface area (Å²) < 4.78 is 5.13. The van der Waals surface area contributed by atoms with E-state index in [0.29, 0.717) is 18.1 Å². The Morgan fingerprint density at radius 3 is 2.70 bits per heavy atom. The van der Waals surface area contributed by atoms with Crippen molar-refractivity contribution in [2.75, 3.05) is 24.1 Å². The number of hydrogen-bond donors (Lipinski definition) is 3. The molecule has 0 aromatic carbocycles. The van der Waals surface area contributed by atoms with Crippen molar-refractivity contribution in [1.29, 1.82) is 0 Å². The molecule has 0 saturated carbocycles. The van der Waals surface area contributed by atoms with Crippen molar-refractivity contribution in [3.05, 3.63) is 12.5 Å². The molecule has 0 aliphatic carbocycles. The fourth-order valence-corrected chi connectivity index (χ4v) is 1.45. The monoisotopic (exact) mass is 281 g/mol. The van der Waals surface area contributed by atoms with Gasteiger partial charge in [-0.05, 0) is 33.6 Å². The van der Waals surface area contributed by atoms with Gasteiger partial charge in [0, 0.05) is 13.1 Å². The third-order valence-electron chi connectivity index (χ3n) is 2.30. The fourth-order valence-electron chi connectivity index (χ4n) is 1.45. The first kappa shape index (κ1) is 16.0. The highest BCUT2D eigenvalue weighted by Crippen LogP contribution is 2.11. The molecule has 0 spiro atoms. The predicted octanol–water partition coefficient (Wildman–Crippen LogP) is 1.78. The molecule has 1 amide bonds. The molecule has 0 fully saturated rings. The summed E-state index contributed by atoms with van der Waals surface area (Å²) in [4.78, 5) is 19.2. The third kappa shape index (κ3) is 6.77. The van der Waals surface area contributed by atoms with E-state index in [9.17, 15) is 4.79 Å². The Kier molecular flexibility index (Phi) is 6.02. The number of rotatable bonds is 6. The lowest BCUT2D eigenvalue weighted by Gasteiger charge is -2.19. The summed E-state index contributed by atoms with van der Waals surface area (Å²) >= 11 is 0. The Morgan fingerprint density at radius 2 is 2.05 bits per heavy atom. The number of ether oxygens (including phenoxy) is 1. The van der Waals surface area contributed by atoms with Crippen LogP contribution < -0.4 is 16.4 Å². The Labute approximate surface area is 119 Å². The number of alkyl carbamates (subject to hydrolysis) is 1. The Hall–Kier alpha value is -2.05. The molecule has 0 unspecified atom stereocenters. The largest absolute Gasteiger partial charge is 0.444 e. The lowest BCUT2D eigenvalue weighted by Crippen LogP contribution is -2.33. The zero-order valence-corrected chi connectivity index (χ0v) is 12.3. The molecule has 0 saturated heterocycles. The third-order valence-corrected chi connectivity index (χ3v) is 2.30. The van der Waals surface area contributed by atoms with Crippen LogP contribution in [0.2, 0.25) is 0 Å². The van der Waals surface area contributed by atoms with Crippen LogP contribution >= 0.6 is 0 Å². The molecule has 1 heterocycles. The number of aromatic nitrogens is 2. The second kappa shape index (κ2) is 7.52. The summed E-state index contributed by atoms with van der Waals surface area (Å²) in [5.41, 5.74) is 5.76. The van der Waals surface area contributed by atoms with Gasteiger partial charge in [-0.2, -0.15) is 0 Å². The summed E-state index contributed by atoms with van der Waals surface area (Å²) in [6, 6.07) is 0. The number of carbonyl (C=O) groups excluding carboxylic acids is 1. The molecule has 1 rings (SSSR count). The van der Waals surface area contributed by atoms with E-state index in [1.54, 1.807) is 6.20 Å². The van der Waals surface area contributed by atoms with Crippen molar-refractivity contribution in [1.82, 2.24) is 15.3 Å². The van der Waals surface area contributed by atoms with Gasteiger partial charge in [-0.15, -0.1) is 0 Å². The van der Waals surface area contributed by atoms with E-state index in [0.717, 1.165) is 19.4 Å². The van der Waals surface area contributed by atoms with E-state index in [2.05, 4.69) is 20.6 Å². The van der Waals surface area contributed by atoms with Crippen molar-refractivity contribution in [2.24, 2.45) is 0 Å². The SMILES string of the molecule is CC(C)(C)OC(=O)NCCCCNc1ncncc1N. The molecule has 0 bridgehead atoms. The molecular formula is C13H23N5O2. The zero-order chi connectivity index (χ0) is 15.0. The standard InChI is InChI=1S/C13H23N5O2/c1-13(2,3)20-12(19)17-7-5-4-6-16-11-10(14)8-15-9-18-11/h8-9H,4-7,14H2,1-3H3,(H,17,19)(H,15,16,18). The minimum atomic E-state index is -0.462. The molecular weight excluding hydrogens is 258 g/mol. The van der Waals surface area contributed by atoms with Crippen molar-refractivity contribution in [3.63, 3.8) is 0 Å². The molecule has 0 atom stereocenters. The van der Waals surface area contributed by atoms with Gasteiger partial charge < -0.3 is 21.1 Å². The summed E-state index contributed by atoms with van der Waals surface area (Å²) in [5, 5.41) is 5.83. The van der Waals surface area contributed by atoms with Crippen LogP contribution in [0.1, 0.15) is 33.6 Å². The maximum absolute atomic E-state index is 11.4. The minimum absolute atomic E-state index is 0.384. The number of unbranched alkanes of at least 4 members (excludes halogenated alkanes) is 1. The number of carbonyl (C=O) groups is 1. The van der Waals surface area contributed by atoms with Gasteiger partial charge in [0.05, 0.1) is 11.9 Å². The molecule has 0 radical (unpaired) electrons. The van der Waals surface area contributed by atoms with Gasteiger partial charge in [0.2, 0.25) is 0 Å². The molecule has 4 N–H and O–H groups in total. The summed E-state index contributed by atoms with van der Waals surface area (Å²) in [7, 11) is 0. The number of nitrogens with zero attached hydrogens (tertiary/aromatic N) is 2. The zero-order valence-electron chi connectivity index (χ0n) is 12.3. The van der Waals surface area contributed by atoms with E-state index in [1.165, 1.54) is 6.33 Å². The van der Waals surface area contributed by atoms with Gasteiger partial charge in [0.1, 0.15) is 11.9 Å². The van der Waals surface area contributed by atoms with Gasteiger partial charge in [-0.25, -0.2) is 14.8 Å². The van der Waals surface area contributed by atoms with Crippen molar-refractivity contribution in [2.45, 2.75) is 39.2 Å². The smallest absolute Gasteiger partial charge is 0.407 e. The Morgan fingerprint density at radius 1 is 1.35 bits per heavy atom. The highest BCUT2D eigenvalue weighted by molar-refractivity contribution is 5.67. The van der Waals surface area contributed by atoms with Gasteiger partial charge in [-0.1, -0.05) is 0 Å². The van der Waals surface area contributed by atoms with Crippen LogP contribution in [0.4, 0.5) is 16.3 Å². The molecule has 7 nitrogen and oxygen atoms in total. The van der Waals surface area contributed by atoms with E-state index < -0.39 is 5.60 Å². The first-order chi connectivity index (χ1) is 9.38. The average molecular weight is 281 g/mol. The topological polar surface area (TPSA) is 102 Å².